The van der Waals surface area contributed by atoms with Crippen LogP contribution in [0.2, 0.25) is 5.02 Å². The second-order valence-corrected chi connectivity index (χ2v) is 5.72. The summed E-state index contributed by atoms with van der Waals surface area (Å²) >= 11 is 5.98. The Morgan fingerprint density at radius 3 is 2.75 bits per heavy atom. The van der Waals surface area contributed by atoms with E-state index in [2.05, 4.69) is 15.3 Å². The van der Waals surface area contributed by atoms with Crippen molar-refractivity contribution in [1.82, 2.24) is 9.97 Å². The Hall–Kier alpha value is -2.01. The predicted octanol–water partition coefficient (Wildman–Crippen LogP) is 4.08. The third kappa shape index (κ3) is 3.74. The van der Waals surface area contributed by atoms with E-state index in [4.69, 9.17) is 16.3 Å². The molecule has 1 aromatic heterocycles. The van der Waals surface area contributed by atoms with Crippen LogP contribution in [0.3, 0.4) is 0 Å². The van der Waals surface area contributed by atoms with E-state index in [1.54, 1.807) is 45.4 Å². The van der Waals surface area contributed by atoms with Crippen LogP contribution in [-0.4, -0.2) is 21.7 Å². The van der Waals surface area contributed by atoms with Gasteiger partial charge in [-0.25, -0.2) is 9.78 Å². The number of carbonyl (C=O) groups excluding carboxylic acids is 1. The maximum Gasteiger partial charge on any atom is 0.412 e. The predicted molar refractivity (Wildman–Crippen MR) is 78.9 cm³/mol. The third-order valence-electron chi connectivity index (χ3n) is 2.41. The summed E-state index contributed by atoms with van der Waals surface area (Å²) in [5.74, 6) is 0. The molecule has 1 amide bonds. The Morgan fingerprint density at radius 2 is 2.15 bits per heavy atom. The Labute approximate surface area is 122 Å². The SMILES string of the molecule is CC(C)(C)OC(=O)Nc1cc(Cl)ccc1-c1cnc[nH]1. The molecular weight excluding hydrogens is 278 g/mol. The van der Waals surface area contributed by atoms with E-state index in [1.165, 1.54) is 0 Å². The Balaban J connectivity index is 2.27. The molecule has 0 aliphatic carbocycles. The van der Waals surface area contributed by atoms with E-state index in [-0.39, 0.29) is 0 Å². The first-order valence-electron chi connectivity index (χ1n) is 6.13. The number of nitrogens with zero attached hydrogens (tertiary/aromatic N) is 1. The van der Waals surface area contributed by atoms with Crippen molar-refractivity contribution in [3.63, 3.8) is 0 Å². The average Bonchev–Trinajstić information content (AvgIpc) is 2.79. The normalized spacial score (nSPS) is 11.2. The summed E-state index contributed by atoms with van der Waals surface area (Å²) in [4.78, 5) is 18.8. The molecule has 20 heavy (non-hydrogen) atoms. The van der Waals surface area contributed by atoms with Crippen molar-refractivity contribution in [2.75, 3.05) is 5.32 Å². The molecule has 0 saturated heterocycles. The lowest BCUT2D eigenvalue weighted by Gasteiger charge is -2.20. The summed E-state index contributed by atoms with van der Waals surface area (Å²) in [5.41, 5.74) is 1.58. The van der Waals surface area contributed by atoms with Gasteiger partial charge in [0, 0.05) is 10.6 Å². The Kier molecular flexibility index (Phi) is 3.99. The van der Waals surface area contributed by atoms with E-state index >= 15 is 0 Å². The molecule has 0 atom stereocenters. The first kappa shape index (κ1) is 14.4. The van der Waals surface area contributed by atoms with Gasteiger partial charge in [-0.15, -0.1) is 0 Å². The lowest BCUT2D eigenvalue weighted by Crippen LogP contribution is -2.27. The standard InChI is InChI=1S/C14H16ClN3O2/c1-14(2,3)20-13(19)18-11-6-9(15)4-5-10(11)12-7-16-8-17-12/h4-8H,1-3H3,(H,16,17)(H,18,19). The molecule has 1 heterocycles. The number of carbonyl (C=O) groups is 1. The van der Waals surface area contributed by atoms with Gasteiger partial charge in [-0.3, -0.25) is 5.32 Å². The first-order chi connectivity index (χ1) is 9.35. The van der Waals surface area contributed by atoms with Crippen molar-refractivity contribution in [2.45, 2.75) is 26.4 Å². The molecule has 2 rings (SSSR count). The number of rotatable bonds is 2. The molecule has 106 valence electrons. The zero-order valence-corrected chi connectivity index (χ0v) is 12.3. The van der Waals surface area contributed by atoms with Crippen molar-refractivity contribution in [2.24, 2.45) is 0 Å². The number of amides is 1. The van der Waals surface area contributed by atoms with Crippen molar-refractivity contribution in [3.8, 4) is 11.3 Å². The minimum atomic E-state index is -0.559. The summed E-state index contributed by atoms with van der Waals surface area (Å²) in [7, 11) is 0. The third-order valence-corrected chi connectivity index (χ3v) is 2.64. The first-order valence-corrected chi connectivity index (χ1v) is 6.51. The van der Waals surface area contributed by atoms with Crippen LogP contribution in [0.4, 0.5) is 10.5 Å². The minimum Gasteiger partial charge on any atom is -0.444 e. The number of hydrogen-bond donors (Lipinski definition) is 2. The zero-order chi connectivity index (χ0) is 14.8. The van der Waals surface area contributed by atoms with Gasteiger partial charge in [-0.05, 0) is 39.0 Å². The van der Waals surface area contributed by atoms with Gasteiger partial charge in [0.2, 0.25) is 0 Å². The number of halogens is 1. The average molecular weight is 294 g/mol. The molecule has 0 bridgehead atoms. The maximum absolute atomic E-state index is 11.9. The summed E-state index contributed by atoms with van der Waals surface area (Å²) < 4.78 is 5.23. The molecule has 0 saturated carbocycles. The molecule has 2 N–H and O–H groups in total. The van der Waals surface area contributed by atoms with E-state index in [0.717, 1.165) is 11.3 Å². The second-order valence-electron chi connectivity index (χ2n) is 5.28. The summed E-state index contributed by atoms with van der Waals surface area (Å²) in [6.45, 7) is 5.42. The number of anilines is 1. The van der Waals surface area contributed by atoms with Crippen LogP contribution in [0.5, 0.6) is 0 Å². The lowest BCUT2D eigenvalue weighted by atomic mass is 10.1. The van der Waals surface area contributed by atoms with Gasteiger partial charge in [-0.1, -0.05) is 11.6 Å². The van der Waals surface area contributed by atoms with Gasteiger partial charge in [0.05, 0.1) is 23.9 Å². The molecular formula is C14H16ClN3O2. The number of benzene rings is 1. The largest absolute Gasteiger partial charge is 0.444 e. The molecule has 0 aliphatic heterocycles. The van der Waals surface area contributed by atoms with Crippen molar-refractivity contribution in [3.05, 3.63) is 35.7 Å². The van der Waals surface area contributed by atoms with Crippen LogP contribution >= 0.6 is 11.6 Å². The molecule has 0 spiro atoms. The molecule has 2 aromatic rings. The van der Waals surface area contributed by atoms with Crippen LogP contribution in [0.25, 0.3) is 11.3 Å². The molecule has 6 heteroatoms. The van der Waals surface area contributed by atoms with Gasteiger partial charge < -0.3 is 9.72 Å². The fraction of sp³-hybridized carbons (Fsp3) is 0.286. The van der Waals surface area contributed by atoms with E-state index in [1.807, 2.05) is 6.07 Å². The smallest absolute Gasteiger partial charge is 0.412 e. The number of aromatic nitrogens is 2. The van der Waals surface area contributed by atoms with Crippen molar-refractivity contribution in [1.29, 1.82) is 0 Å². The monoisotopic (exact) mass is 293 g/mol. The van der Waals surface area contributed by atoms with E-state index in [0.29, 0.717) is 10.7 Å². The quantitative estimate of drug-likeness (QED) is 0.877. The van der Waals surface area contributed by atoms with Crippen LogP contribution in [0.15, 0.2) is 30.7 Å². The number of ether oxygens (including phenoxy) is 1. The molecule has 0 fully saturated rings. The highest BCUT2D eigenvalue weighted by molar-refractivity contribution is 6.31. The molecule has 0 unspecified atom stereocenters. The summed E-state index contributed by atoms with van der Waals surface area (Å²) in [5, 5.41) is 3.23. The van der Waals surface area contributed by atoms with Crippen LogP contribution in [0.1, 0.15) is 20.8 Å². The number of imidazole rings is 1. The zero-order valence-electron chi connectivity index (χ0n) is 11.5. The van der Waals surface area contributed by atoms with E-state index < -0.39 is 11.7 Å². The summed E-state index contributed by atoms with van der Waals surface area (Å²) in [6.07, 6.45) is 2.71. The van der Waals surface area contributed by atoms with Crippen molar-refractivity contribution >= 4 is 23.4 Å². The van der Waals surface area contributed by atoms with Gasteiger partial charge in [-0.2, -0.15) is 0 Å². The van der Waals surface area contributed by atoms with Crippen LogP contribution in [0, 0.1) is 0 Å². The highest BCUT2D eigenvalue weighted by atomic mass is 35.5. The number of H-pyrrole nitrogens is 1. The molecule has 5 nitrogen and oxygen atoms in total. The highest BCUT2D eigenvalue weighted by Crippen LogP contribution is 2.29. The molecule has 1 aromatic carbocycles. The van der Waals surface area contributed by atoms with Gasteiger partial charge in [0.15, 0.2) is 0 Å². The van der Waals surface area contributed by atoms with Crippen LogP contribution < -0.4 is 5.32 Å². The Morgan fingerprint density at radius 1 is 1.40 bits per heavy atom. The van der Waals surface area contributed by atoms with Gasteiger partial charge >= 0.3 is 6.09 Å². The Bertz CT molecular complexity index is 603. The molecule has 0 aliphatic rings. The molecule has 0 radical (unpaired) electrons. The van der Waals surface area contributed by atoms with Gasteiger partial charge in [0.1, 0.15) is 5.60 Å². The fourth-order valence-electron chi connectivity index (χ4n) is 1.67. The lowest BCUT2D eigenvalue weighted by molar-refractivity contribution is 0.0636. The van der Waals surface area contributed by atoms with Crippen molar-refractivity contribution < 1.29 is 9.53 Å². The second kappa shape index (κ2) is 5.54. The number of nitrogens with one attached hydrogen (secondary N) is 2. The number of aromatic amines is 1. The maximum atomic E-state index is 11.9. The fourth-order valence-corrected chi connectivity index (χ4v) is 1.84. The summed E-state index contributed by atoms with van der Waals surface area (Å²) in [6, 6.07) is 5.22. The number of hydrogen-bond acceptors (Lipinski definition) is 3. The van der Waals surface area contributed by atoms with Crippen LogP contribution in [-0.2, 0) is 4.74 Å². The highest BCUT2D eigenvalue weighted by Gasteiger charge is 2.18. The van der Waals surface area contributed by atoms with E-state index in [9.17, 15) is 4.79 Å². The van der Waals surface area contributed by atoms with Gasteiger partial charge in [0.25, 0.3) is 0 Å². The topological polar surface area (TPSA) is 67.0 Å². The minimum absolute atomic E-state index is 0.527.